The van der Waals surface area contributed by atoms with Crippen LogP contribution >= 0.6 is 0 Å². The van der Waals surface area contributed by atoms with Crippen LogP contribution in [-0.2, 0) is 9.63 Å². The van der Waals surface area contributed by atoms with Crippen LogP contribution in [0.5, 0.6) is 0 Å². The molecule has 0 saturated heterocycles. The van der Waals surface area contributed by atoms with Gasteiger partial charge in [-0.3, -0.25) is 9.79 Å². The number of hydrogen-bond donors (Lipinski definition) is 1. The molecule has 0 amide bonds. The Morgan fingerprint density at radius 1 is 1.57 bits per heavy atom. The number of carbonyl (C=O) groups excluding carboxylic acids is 1. The first-order valence-corrected chi connectivity index (χ1v) is 4.17. The third-order valence-electron chi connectivity index (χ3n) is 1.72. The predicted molar refractivity (Wildman–Crippen MR) is 53.9 cm³/mol. The highest BCUT2D eigenvalue weighted by Crippen LogP contribution is 2.04. The summed E-state index contributed by atoms with van der Waals surface area (Å²) >= 11 is 0. The lowest BCUT2D eigenvalue weighted by Crippen LogP contribution is -2.24. The maximum Gasteiger partial charge on any atom is 0.320 e. The summed E-state index contributed by atoms with van der Waals surface area (Å²) in [5.41, 5.74) is 4.45. The number of nitrogens with one attached hydrogen (secondary N) is 1. The second-order valence-corrected chi connectivity index (χ2v) is 2.76. The largest absolute Gasteiger partial charge is 0.345 e. The Morgan fingerprint density at radius 2 is 2.36 bits per heavy atom. The van der Waals surface area contributed by atoms with Crippen LogP contribution in [-0.4, -0.2) is 19.4 Å². The van der Waals surface area contributed by atoms with Gasteiger partial charge in [0.2, 0.25) is 0 Å². The Balaban J connectivity index is 2.84. The molecule has 0 aliphatic carbocycles. The van der Waals surface area contributed by atoms with Crippen molar-refractivity contribution in [3.8, 4) is 0 Å². The number of aliphatic imine (C=N–C) groups is 1. The second-order valence-electron chi connectivity index (χ2n) is 2.76. The van der Waals surface area contributed by atoms with Crippen molar-refractivity contribution in [2.45, 2.75) is 6.92 Å². The van der Waals surface area contributed by atoms with Crippen LogP contribution < -0.4 is 5.48 Å². The molecule has 0 saturated carbocycles. The predicted octanol–water partition coefficient (Wildman–Crippen LogP) is 1.05. The number of hydrogen-bond acceptors (Lipinski definition) is 3. The SMILES string of the molecule is CN=C(NOC=O)c1cccc(C)c1. The molecule has 0 aliphatic rings. The highest BCUT2D eigenvalue weighted by molar-refractivity contribution is 5.98. The third-order valence-corrected chi connectivity index (χ3v) is 1.72. The molecule has 1 aromatic carbocycles. The topological polar surface area (TPSA) is 50.7 Å². The maximum atomic E-state index is 9.98. The third kappa shape index (κ3) is 2.58. The van der Waals surface area contributed by atoms with Gasteiger partial charge in [-0.05, 0) is 13.0 Å². The van der Waals surface area contributed by atoms with Gasteiger partial charge in [0.15, 0.2) is 5.84 Å². The lowest BCUT2D eigenvalue weighted by molar-refractivity contribution is -0.132. The molecule has 0 aliphatic heterocycles. The molecular formula is C10H12N2O2. The first-order chi connectivity index (χ1) is 6.77. The Morgan fingerprint density at radius 3 is 2.93 bits per heavy atom. The molecule has 4 heteroatoms. The van der Waals surface area contributed by atoms with Crippen molar-refractivity contribution in [2.24, 2.45) is 4.99 Å². The fraction of sp³-hybridized carbons (Fsp3) is 0.200. The molecule has 0 fully saturated rings. The van der Waals surface area contributed by atoms with Crippen LogP contribution in [0.25, 0.3) is 0 Å². The van der Waals surface area contributed by atoms with E-state index in [0.717, 1.165) is 11.1 Å². The Bertz CT molecular complexity index is 348. The number of hydroxylamine groups is 1. The average Bonchev–Trinajstić information content (AvgIpc) is 2.19. The van der Waals surface area contributed by atoms with E-state index in [-0.39, 0.29) is 0 Å². The summed E-state index contributed by atoms with van der Waals surface area (Å²) in [7, 11) is 1.62. The van der Waals surface area contributed by atoms with Crippen molar-refractivity contribution in [1.29, 1.82) is 0 Å². The first kappa shape index (κ1) is 10.2. The fourth-order valence-electron chi connectivity index (χ4n) is 1.11. The van der Waals surface area contributed by atoms with E-state index in [0.29, 0.717) is 12.3 Å². The molecule has 1 rings (SSSR count). The second kappa shape index (κ2) is 5.01. The van der Waals surface area contributed by atoms with E-state index in [1.165, 1.54) is 0 Å². The van der Waals surface area contributed by atoms with Gasteiger partial charge in [0.25, 0.3) is 0 Å². The quantitative estimate of drug-likeness (QED) is 0.337. The Kier molecular flexibility index (Phi) is 3.67. The summed E-state index contributed by atoms with van der Waals surface area (Å²) in [5, 5.41) is 0. The van der Waals surface area contributed by atoms with Crippen LogP contribution in [0.3, 0.4) is 0 Å². The molecule has 74 valence electrons. The molecule has 0 unspecified atom stereocenters. The minimum atomic E-state index is 0.320. The molecular weight excluding hydrogens is 180 g/mol. The van der Waals surface area contributed by atoms with Crippen LogP contribution in [0.15, 0.2) is 29.3 Å². The standard InChI is InChI=1S/C10H12N2O2/c1-8-4-3-5-9(6-8)10(11-2)12-14-7-13/h3-7H,1-2H3,(H,11,12). The van der Waals surface area contributed by atoms with E-state index in [9.17, 15) is 4.79 Å². The van der Waals surface area contributed by atoms with Gasteiger partial charge in [0.1, 0.15) is 0 Å². The molecule has 0 heterocycles. The zero-order valence-electron chi connectivity index (χ0n) is 8.15. The van der Waals surface area contributed by atoms with Gasteiger partial charge in [-0.15, -0.1) is 0 Å². The number of rotatable bonds is 3. The van der Waals surface area contributed by atoms with Crippen LogP contribution in [0, 0.1) is 6.92 Å². The number of aryl methyl sites for hydroxylation is 1. The highest BCUT2D eigenvalue weighted by atomic mass is 16.7. The lowest BCUT2D eigenvalue weighted by Gasteiger charge is -2.06. The van der Waals surface area contributed by atoms with Crippen LogP contribution in [0.2, 0.25) is 0 Å². The van der Waals surface area contributed by atoms with Gasteiger partial charge in [-0.1, -0.05) is 23.8 Å². The molecule has 0 bridgehead atoms. The first-order valence-electron chi connectivity index (χ1n) is 4.17. The van der Waals surface area contributed by atoms with Gasteiger partial charge in [0.05, 0.1) is 0 Å². The van der Waals surface area contributed by atoms with Crippen LogP contribution in [0.1, 0.15) is 11.1 Å². The van der Waals surface area contributed by atoms with Gasteiger partial charge in [-0.2, -0.15) is 0 Å². The monoisotopic (exact) mass is 192 g/mol. The van der Waals surface area contributed by atoms with E-state index in [2.05, 4.69) is 15.3 Å². The number of benzene rings is 1. The summed E-state index contributed by atoms with van der Waals surface area (Å²) in [6, 6.07) is 7.73. The summed E-state index contributed by atoms with van der Waals surface area (Å²) in [4.78, 5) is 18.4. The normalized spacial score (nSPS) is 10.9. The van der Waals surface area contributed by atoms with Gasteiger partial charge < -0.3 is 4.84 Å². The van der Waals surface area contributed by atoms with Crippen molar-refractivity contribution < 1.29 is 9.63 Å². The summed E-state index contributed by atoms with van der Waals surface area (Å²) in [6.07, 6.45) is 0. The lowest BCUT2D eigenvalue weighted by atomic mass is 10.1. The zero-order chi connectivity index (χ0) is 10.4. The van der Waals surface area contributed by atoms with Gasteiger partial charge in [-0.25, -0.2) is 5.48 Å². The summed E-state index contributed by atoms with van der Waals surface area (Å²) in [5.74, 6) is 0.529. The van der Waals surface area contributed by atoms with E-state index < -0.39 is 0 Å². The molecule has 14 heavy (non-hydrogen) atoms. The molecule has 0 radical (unpaired) electrons. The number of amidine groups is 1. The van der Waals surface area contributed by atoms with E-state index in [4.69, 9.17) is 0 Å². The minimum absolute atomic E-state index is 0.320. The van der Waals surface area contributed by atoms with Crippen molar-refractivity contribution in [3.63, 3.8) is 0 Å². The average molecular weight is 192 g/mol. The molecule has 1 N–H and O–H groups in total. The Labute approximate surface area is 82.6 Å². The van der Waals surface area contributed by atoms with Gasteiger partial charge in [0, 0.05) is 12.6 Å². The fourth-order valence-corrected chi connectivity index (χ4v) is 1.11. The minimum Gasteiger partial charge on any atom is -0.345 e. The zero-order valence-corrected chi connectivity index (χ0v) is 8.15. The van der Waals surface area contributed by atoms with Crippen molar-refractivity contribution in [2.75, 3.05) is 7.05 Å². The molecule has 0 spiro atoms. The van der Waals surface area contributed by atoms with Crippen molar-refractivity contribution in [3.05, 3.63) is 35.4 Å². The molecule has 0 aromatic heterocycles. The van der Waals surface area contributed by atoms with E-state index >= 15 is 0 Å². The number of nitrogens with zero attached hydrogens (tertiary/aromatic N) is 1. The molecule has 1 aromatic rings. The van der Waals surface area contributed by atoms with Crippen molar-refractivity contribution in [1.82, 2.24) is 5.48 Å². The van der Waals surface area contributed by atoms with E-state index in [1.807, 2.05) is 31.2 Å². The highest BCUT2D eigenvalue weighted by Gasteiger charge is 2.01. The maximum absolute atomic E-state index is 9.98. The summed E-state index contributed by atoms with van der Waals surface area (Å²) in [6.45, 7) is 2.30. The van der Waals surface area contributed by atoms with Crippen molar-refractivity contribution >= 4 is 12.3 Å². The van der Waals surface area contributed by atoms with Crippen LogP contribution in [0.4, 0.5) is 0 Å². The Hall–Kier alpha value is -1.84. The smallest absolute Gasteiger partial charge is 0.320 e. The molecule has 0 atom stereocenters. The van der Waals surface area contributed by atoms with Gasteiger partial charge >= 0.3 is 6.47 Å². The number of carbonyl (C=O) groups is 1. The molecule has 4 nitrogen and oxygen atoms in total. The van der Waals surface area contributed by atoms with E-state index in [1.54, 1.807) is 7.05 Å². The summed E-state index contributed by atoms with van der Waals surface area (Å²) < 4.78 is 0.